The first kappa shape index (κ1) is 39.4. The average Bonchev–Trinajstić information content (AvgIpc) is 4.11. The van der Waals surface area contributed by atoms with Gasteiger partial charge in [0.1, 0.15) is 17.7 Å². The Kier molecular flexibility index (Phi) is 11.8. The Balaban J connectivity index is 0.912. The number of carbonyl (C=O) groups excluding carboxylic acids is 4. The molecule has 2 aromatic carbocycles. The average molecular weight is 835 g/mol. The van der Waals surface area contributed by atoms with Gasteiger partial charge in [-0.25, -0.2) is 29.5 Å². The number of amides is 4. The molecule has 2 aliphatic rings. The summed E-state index contributed by atoms with van der Waals surface area (Å²) in [7, 11) is 1.27. The molecule has 2 saturated heterocycles. The van der Waals surface area contributed by atoms with Crippen LogP contribution in [0, 0.1) is 0 Å². The van der Waals surface area contributed by atoms with Crippen molar-refractivity contribution in [3.05, 3.63) is 106 Å². The molecule has 0 spiro atoms. The van der Waals surface area contributed by atoms with Crippen molar-refractivity contribution < 1.29 is 28.7 Å². The van der Waals surface area contributed by atoms with Crippen LogP contribution in [0.2, 0.25) is 0 Å². The number of rotatable bonds is 13. The highest BCUT2D eigenvalue weighted by atomic mass is 32.1. The number of nitrogens with one attached hydrogen (secondary N) is 3. The summed E-state index contributed by atoms with van der Waals surface area (Å²) < 4.78 is 10.0. The van der Waals surface area contributed by atoms with Crippen LogP contribution in [0.1, 0.15) is 60.8 Å². The monoisotopic (exact) mass is 834 g/mol. The summed E-state index contributed by atoms with van der Waals surface area (Å²) in [6.07, 6.45) is 4.29. The third-order valence-corrected chi connectivity index (χ3v) is 12.0. The van der Waals surface area contributed by atoms with Crippen LogP contribution in [-0.4, -0.2) is 96.0 Å². The number of likely N-dealkylation sites (tertiary alicyclic amines) is 2. The fourth-order valence-electron chi connectivity index (χ4n) is 7.80. The lowest BCUT2D eigenvalue weighted by atomic mass is 10.0. The molecule has 2 aliphatic heterocycles. The van der Waals surface area contributed by atoms with Gasteiger partial charge in [0.2, 0.25) is 5.91 Å². The van der Waals surface area contributed by atoms with E-state index in [9.17, 15) is 19.2 Å². The summed E-state index contributed by atoms with van der Waals surface area (Å²) in [6.45, 7) is 1.06. The van der Waals surface area contributed by atoms with Crippen LogP contribution in [0.15, 0.2) is 82.7 Å². The van der Waals surface area contributed by atoms with Crippen molar-refractivity contribution in [2.24, 2.45) is 5.73 Å². The zero-order chi connectivity index (χ0) is 40.9. The predicted octanol–water partition coefficient (Wildman–Crippen LogP) is 6.05. The zero-order valence-electron chi connectivity index (χ0n) is 32.1. The number of nitrogens with zero attached hydrogens (tertiary/aromatic N) is 6. The normalized spacial score (nSPS) is 17.4. The molecular formula is C41H42N10O6S2. The van der Waals surface area contributed by atoms with Crippen molar-refractivity contribution in [3.63, 3.8) is 0 Å². The maximum absolute atomic E-state index is 13.8. The summed E-state index contributed by atoms with van der Waals surface area (Å²) >= 11 is 2.84. The summed E-state index contributed by atoms with van der Waals surface area (Å²) in [4.78, 5) is 79.4. The van der Waals surface area contributed by atoms with Crippen molar-refractivity contribution in [3.8, 4) is 33.6 Å². The third-order valence-electron chi connectivity index (χ3n) is 10.7. The zero-order valence-corrected chi connectivity index (χ0v) is 33.7. The summed E-state index contributed by atoms with van der Waals surface area (Å²) in [5.41, 5.74) is 15.7. The number of hydrogen-bond acceptors (Lipinski definition) is 12. The molecule has 2 fully saturated rings. The Hall–Kier alpha value is -6.40. The van der Waals surface area contributed by atoms with Crippen molar-refractivity contribution in [1.29, 1.82) is 0 Å². The second-order valence-electron chi connectivity index (χ2n) is 14.4. The Morgan fingerprint density at radius 1 is 0.746 bits per heavy atom. The largest absolute Gasteiger partial charge is 0.453 e. The van der Waals surface area contributed by atoms with Gasteiger partial charge in [0.15, 0.2) is 6.10 Å². The van der Waals surface area contributed by atoms with E-state index in [4.69, 9.17) is 15.2 Å². The molecule has 304 valence electrons. The second kappa shape index (κ2) is 17.6. The Labute approximate surface area is 347 Å². The topological polar surface area (TPSA) is 214 Å². The molecule has 8 rings (SSSR count). The van der Waals surface area contributed by atoms with Crippen molar-refractivity contribution in [2.75, 3.05) is 20.2 Å². The minimum atomic E-state index is -1.07. The van der Waals surface area contributed by atoms with Crippen LogP contribution in [-0.2, 0) is 31.9 Å². The summed E-state index contributed by atoms with van der Waals surface area (Å²) in [5, 5.41) is 6.37. The molecule has 0 saturated carbocycles. The van der Waals surface area contributed by atoms with Gasteiger partial charge >= 0.3 is 12.2 Å². The fourth-order valence-corrected chi connectivity index (χ4v) is 8.94. The summed E-state index contributed by atoms with van der Waals surface area (Å²) in [6, 6.07) is 15.0. The van der Waals surface area contributed by atoms with Crippen molar-refractivity contribution >= 4 is 46.7 Å². The number of ether oxygens (including phenoxy) is 2. The second-order valence-corrected chi connectivity index (χ2v) is 15.8. The SMILES string of the molecule is COC(=O)N[C@@H](Cc1cscn1)C(=O)N1CCC[C@H]1c1ncc(-c2ccc(-c3ccc(-c4cnc([C@@H]5CCCN5C(=O)[C@H](Cc5cscn5)OC(N)=O)[nH]4)cc3)cc2)[nH]1. The quantitative estimate of drug-likeness (QED) is 0.106. The number of carbonyl (C=O) groups is 4. The number of nitrogens with two attached hydrogens (primary N) is 1. The lowest BCUT2D eigenvalue weighted by Gasteiger charge is -2.28. The highest BCUT2D eigenvalue weighted by Gasteiger charge is 2.38. The number of H-pyrrole nitrogens is 2. The molecular weight excluding hydrogens is 793 g/mol. The van der Waals surface area contributed by atoms with Crippen LogP contribution in [0.25, 0.3) is 33.6 Å². The van der Waals surface area contributed by atoms with E-state index in [0.717, 1.165) is 65.0 Å². The van der Waals surface area contributed by atoms with E-state index in [0.29, 0.717) is 30.4 Å². The molecule has 5 N–H and O–H groups in total. The number of alkyl carbamates (subject to hydrolysis) is 1. The minimum absolute atomic E-state index is 0.148. The van der Waals surface area contributed by atoms with Crippen molar-refractivity contribution in [2.45, 2.75) is 62.8 Å². The first-order chi connectivity index (χ1) is 28.7. The Morgan fingerprint density at radius 3 is 1.71 bits per heavy atom. The number of aromatic amines is 2. The van der Waals surface area contributed by atoms with Gasteiger partial charge in [0, 0.05) is 36.7 Å². The minimum Gasteiger partial charge on any atom is -0.453 e. The smallest absolute Gasteiger partial charge is 0.407 e. The fraction of sp³-hybridized carbons (Fsp3) is 0.317. The lowest BCUT2D eigenvalue weighted by Crippen LogP contribution is -2.49. The van der Waals surface area contributed by atoms with Gasteiger partial charge < -0.3 is 40.3 Å². The van der Waals surface area contributed by atoms with E-state index in [1.807, 2.05) is 35.0 Å². The molecule has 4 atom stereocenters. The van der Waals surface area contributed by atoms with Crippen LogP contribution < -0.4 is 11.1 Å². The van der Waals surface area contributed by atoms with Crippen molar-refractivity contribution in [1.82, 2.24) is 45.0 Å². The Morgan fingerprint density at radius 2 is 1.24 bits per heavy atom. The molecule has 4 aromatic heterocycles. The van der Waals surface area contributed by atoms with Crippen LogP contribution in [0.4, 0.5) is 9.59 Å². The van der Waals surface area contributed by atoms with Gasteiger partial charge in [-0.2, -0.15) is 0 Å². The first-order valence-corrected chi connectivity index (χ1v) is 21.1. The summed E-state index contributed by atoms with van der Waals surface area (Å²) in [5.74, 6) is 0.831. The Bertz CT molecular complexity index is 2380. The molecule has 18 heteroatoms. The number of methoxy groups -OCH3 is 1. The third kappa shape index (κ3) is 8.87. The van der Waals surface area contributed by atoms with Gasteiger partial charge in [-0.05, 0) is 47.9 Å². The van der Waals surface area contributed by atoms with E-state index in [2.05, 4.69) is 59.5 Å². The maximum Gasteiger partial charge on any atom is 0.407 e. The molecule has 4 amide bonds. The molecule has 6 aromatic rings. The standard InChI is InChI=1S/C41H42N10O6S2/c1-56-41(55)49-30(16-28-20-58-22-45-28)38(52)50-14-2-4-33(50)36-43-18-31(47-36)26-10-6-24(7-11-26)25-8-12-27(13-9-25)32-19-44-37(48-32)34-5-3-15-51(34)39(53)35(57-40(42)54)17-29-21-59-23-46-29/h6-13,18-23,30,33-35H,2-5,14-17H2,1H3,(H2,42,54)(H,43,47)(H,44,48)(H,49,55)/t30-,33-,34-,35-/m0/s1. The van der Waals surface area contributed by atoms with Gasteiger partial charge in [0.25, 0.3) is 5.91 Å². The molecule has 0 unspecified atom stereocenters. The highest BCUT2D eigenvalue weighted by Crippen LogP contribution is 2.35. The van der Waals surface area contributed by atoms with E-state index in [1.54, 1.807) is 33.2 Å². The molecule has 0 radical (unpaired) electrons. The number of aromatic nitrogens is 6. The van der Waals surface area contributed by atoms with Gasteiger partial charge in [-0.15, -0.1) is 22.7 Å². The number of imidazole rings is 2. The molecule has 16 nitrogen and oxygen atoms in total. The number of thiazole rings is 2. The molecule has 0 aliphatic carbocycles. The van der Waals surface area contributed by atoms with E-state index in [1.165, 1.54) is 29.8 Å². The van der Waals surface area contributed by atoms with E-state index in [-0.39, 0.29) is 36.7 Å². The van der Waals surface area contributed by atoms with Gasteiger partial charge in [0.05, 0.1) is 65.4 Å². The number of hydrogen-bond donors (Lipinski definition) is 4. The highest BCUT2D eigenvalue weighted by molar-refractivity contribution is 7.07. The van der Waals surface area contributed by atoms with Gasteiger partial charge in [-0.1, -0.05) is 48.5 Å². The van der Waals surface area contributed by atoms with E-state index >= 15 is 0 Å². The predicted molar refractivity (Wildman–Crippen MR) is 220 cm³/mol. The lowest BCUT2D eigenvalue weighted by molar-refractivity contribution is -0.141. The number of benzene rings is 2. The molecule has 0 bridgehead atoms. The van der Waals surface area contributed by atoms with Crippen LogP contribution in [0.5, 0.6) is 0 Å². The maximum atomic E-state index is 13.8. The van der Waals surface area contributed by atoms with E-state index < -0.39 is 24.3 Å². The molecule has 59 heavy (non-hydrogen) atoms. The number of primary amides is 1. The van der Waals surface area contributed by atoms with Crippen LogP contribution >= 0.6 is 22.7 Å². The first-order valence-electron chi connectivity index (χ1n) is 19.2. The van der Waals surface area contributed by atoms with Gasteiger partial charge in [-0.3, -0.25) is 9.59 Å². The molecule has 6 heterocycles. The van der Waals surface area contributed by atoms with Crippen LogP contribution in [0.3, 0.4) is 0 Å².